The maximum absolute atomic E-state index is 12.7. The van der Waals surface area contributed by atoms with Crippen molar-refractivity contribution in [3.05, 3.63) is 71.8 Å². The van der Waals surface area contributed by atoms with Gasteiger partial charge in [-0.3, -0.25) is 9.59 Å². The number of hydrogen-bond acceptors (Lipinski definition) is 4. The number of carboxylic acid groups (broad SMARTS) is 1. The third-order valence-electron chi connectivity index (χ3n) is 6.75. The van der Waals surface area contributed by atoms with Gasteiger partial charge in [0.05, 0.1) is 5.92 Å². The van der Waals surface area contributed by atoms with Crippen LogP contribution in [0.15, 0.2) is 60.7 Å². The van der Waals surface area contributed by atoms with Crippen molar-refractivity contribution in [1.29, 1.82) is 0 Å². The fourth-order valence-corrected chi connectivity index (χ4v) is 4.96. The highest BCUT2D eigenvalue weighted by atomic mass is 16.5. The van der Waals surface area contributed by atoms with Crippen LogP contribution in [0.4, 0.5) is 4.79 Å². The van der Waals surface area contributed by atoms with Gasteiger partial charge in [0, 0.05) is 24.4 Å². The molecule has 0 saturated heterocycles. The van der Waals surface area contributed by atoms with E-state index in [-0.39, 0.29) is 36.9 Å². The SMILES string of the molecule is CCCC[C@@H](CC(=O)NC1C=CC(C(=O)O)C1)NC(=O)OCC1c2ccccc2-c2ccccc21. The predicted octanol–water partition coefficient (Wildman–Crippen LogP) is 4.62. The number of amides is 2. The summed E-state index contributed by atoms with van der Waals surface area (Å²) in [4.78, 5) is 36.4. The molecule has 2 aromatic carbocycles. The van der Waals surface area contributed by atoms with Crippen LogP contribution >= 0.6 is 0 Å². The minimum absolute atomic E-state index is 0.0260. The molecule has 0 spiro atoms. The van der Waals surface area contributed by atoms with Crippen molar-refractivity contribution in [1.82, 2.24) is 10.6 Å². The number of benzene rings is 2. The molecule has 2 aromatic rings. The minimum Gasteiger partial charge on any atom is -0.481 e. The summed E-state index contributed by atoms with van der Waals surface area (Å²) in [6.45, 7) is 2.27. The van der Waals surface area contributed by atoms with Crippen LogP contribution in [-0.2, 0) is 14.3 Å². The number of rotatable bonds is 10. The van der Waals surface area contributed by atoms with Gasteiger partial charge < -0.3 is 20.5 Å². The van der Waals surface area contributed by atoms with E-state index >= 15 is 0 Å². The van der Waals surface area contributed by atoms with Gasteiger partial charge in [0.1, 0.15) is 6.61 Å². The zero-order chi connectivity index (χ0) is 24.8. The molecule has 0 aromatic heterocycles. The summed E-state index contributed by atoms with van der Waals surface area (Å²) in [5.41, 5.74) is 4.63. The zero-order valence-corrected chi connectivity index (χ0v) is 19.9. The van der Waals surface area contributed by atoms with Crippen molar-refractivity contribution < 1.29 is 24.2 Å². The molecule has 4 rings (SSSR count). The number of unbranched alkanes of at least 4 members (excludes halogenated alkanes) is 1. The van der Waals surface area contributed by atoms with Gasteiger partial charge >= 0.3 is 12.1 Å². The summed E-state index contributed by atoms with van der Waals surface area (Å²) in [6.07, 6.45) is 5.72. The summed E-state index contributed by atoms with van der Waals surface area (Å²) in [5, 5.41) is 14.9. The van der Waals surface area contributed by atoms with Crippen molar-refractivity contribution in [2.24, 2.45) is 5.92 Å². The van der Waals surface area contributed by atoms with E-state index in [2.05, 4.69) is 41.8 Å². The Morgan fingerprint density at radius 3 is 2.29 bits per heavy atom. The third-order valence-corrected chi connectivity index (χ3v) is 6.75. The van der Waals surface area contributed by atoms with Crippen LogP contribution in [0.25, 0.3) is 11.1 Å². The molecule has 0 aliphatic heterocycles. The minimum atomic E-state index is -0.893. The average molecular weight is 477 g/mol. The van der Waals surface area contributed by atoms with Crippen LogP contribution in [0.5, 0.6) is 0 Å². The summed E-state index contributed by atoms with van der Waals surface area (Å²) in [5.74, 6) is -1.71. The van der Waals surface area contributed by atoms with Gasteiger partial charge in [0.2, 0.25) is 5.91 Å². The number of carboxylic acids is 1. The molecule has 0 bridgehead atoms. The number of hydrogen-bond donors (Lipinski definition) is 3. The Hall–Kier alpha value is -3.61. The van der Waals surface area contributed by atoms with Gasteiger partial charge in [-0.25, -0.2) is 4.79 Å². The largest absolute Gasteiger partial charge is 0.481 e. The van der Waals surface area contributed by atoms with Gasteiger partial charge in [-0.05, 0) is 35.1 Å². The molecule has 0 fully saturated rings. The second kappa shape index (κ2) is 11.2. The van der Waals surface area contributed by atoms with Crippen molar-refractivity contribution in [3.8, 4) is 11.1 Å². The molecule has 0 saturated carbocycles. The second-order valence-corrected chi connectivity index (χ2v) is 9.25. The summed E-state index contributed by atoms with van der Waals surface area (Å²) in [6, 6.07) is 15.7. The van der Waals surface area contributed by atoms with Gasteiger partial charge in [-0.2, -0.15) is 0 Å². The first-order chi connectivity index (χ1) is 17.0. The standard InChI is InChI=1S/C28H32N2O5/c1-2-3-8-19(16-26(31)29-20-14-13-18(15-20)27(32)33)30-28(34)35-17-25-23-11-6-4-9-21(23)22-10-5-7-12-24(22)25/h4-7,9-14,18-20,25H,2-3,8,15-17H2,1H3,(H,29,31)(H,30,34)(H,32,33)/t18?,19-,20?/m0/s1. The normalized spacial score (nSPS) is 19.0. The first-order valence-corrected chi connectivity index (χ1v) is 12.3. The van der Waals surface area contributed by atoms with Gasteiger partial charge in [0.15, 0.2) is 0 Å². The van der Waals surface area contributed by atoms with Gasteiger partial charge in [0.25, 0.3) is 0 Å². The third kappa shape index (κ3) is 5.91. The molecule has 3 N–H and O–H groups in total. The van der Waals surface area contributed by atoms with Crippen molar-refractivity contribution in [2.75, 3.05) is 6.61 Å². The molecule has 2 aliphatic rings. The summed E-state index contributed by atoms with van der Waals surface area (Å²) < 4.78 is 5.65. The quantitative estimate of drug-likeness (QED) is 0.434. The Morgan fingerprint density at radius 2 is 1.69 bits per heavy atom. The molecule has 2 aliphatic carbocycles. The predicted molar refractivity (Wildman–Crippen MR) is 133 cm³/mol. The first kappa shape index (κ1) is 24.5. The number of ether oxygens (including phenoxy) is 1. The maximum atomic E-state index is 12.7. The number of aliphatic carboxylic acids is 1. The highest BCUT2D eigenvalue weighted by molar-refractivity contribution is 5.80. The fourth-order valence-electron chi connectivity index (χ4n) is 4.96. The van der Waals surface area contributed by atoms with E-state index in [1.165, 1.54) is 11.1 Å². The van der Waals surface area contributed by atoms with Crippen molar-refractivity contribution in [2.45, 2.75) is 57.0 Å². The molecule has 184 valence electrons. The molecular weight excluding hydrogens is 444 g/mol. The molecule has 7 heteroatoms. The molecule has 7 nitrogen and oxygen atoms in total. The number of carbonyl (C=O) groups excluding carboxylic acids is 2. The van der Waals surface area contributed by atoms with Crippen LogP contribution in [-0.4, -0.2) is 41.8 Å². The lowest BCUT2D eigenvalue weighted by Gasteiger charge is -2.21. The van der Waals surface area contributed by atoms with E-state index in [1.54, 1.807) is 12.2 Å². The Morgan fingerprint density at radius 1 is 1.03 bits per heavy atom. The molecule has 0 radical (unpaired) electrons. The molecular formula is C28H32N2O5. The number of carbonyl (C=O) groups is 3. The van der Waals surface area contributed by atoms with Crippen LogP contribution in [0.1, 0.15) is 56.1 Å². The smallest absolute Gasteiger partial charge is 0.407 e. The van der Waals surface area contributed by atoms with Gasteiger partial charge in [-0.15, -0.1) is 0 Å². The van der Waals surface area contributed by atoms with Crippen LogP contribution in [0.2, 0.25) is 0 Å². The van der Waals surface area contributed by atoms with E-state index in [4.69, 9.17) is 9.84 Å². The highest BCUT2D eigenvalue weighted by Gasteiger charge is 2.30. The molecule has 0 heterocycles. The summed E-state index contributed by atoms with van der Waals surface area (Å²) in [7, 11) is 0. The molecule has 3 atom stereocenters. The lowest BCUT2D eigenvalue weighted by atomic mass is 9.98. The van der Waals surface area contributed by atoms with Crippen LogP contribution in [0, 0.1) is 5.92 Å². The van der Waals surface area contributed by atoms with E-state index in [1.807, 2.05) is 24.3 Å². The Kier molecular flexibility index (Phi) is 7.85. The number of nitrogens with one attached hydrogen (secondary N) is 2. The lowest BCUT2D eigenvalue weighted by molar-refractivity contribution is -0.140. The second-order valence-electron chi connectivity index (χ2n) is 9.25. The van der Waals surface area contributed by atoms with Gasteiger partial charge in [-0.1, -0.05) is 80.4 Å². The van der Waals surface area contributed by atoms with Crippen LogP contribution in [0.3, 0.4) is 0 Å². The van der Waals surface area contributed by atoms with E-state index in [9.17, 15) is 14.4 Å². The highest BCUT2D eigenvalue weighted by Crippen LogP contribution is 2.44. The topological polar surface area (TPSA) is 105 Å². The number of alkyl carbamates (subject to hydrolysis) is 1. The van der Waals surface area contributed by atoms with Crippen molar-refractivity contribution in [3.63, 3.8) is 0 Å². The maximum Gasteiger partial charge on any atom is 0.407 e. The van der Waals surface area contributed by atoms with Crippen molar-refractivity contribution >= 4 is 18.0 Å². The number of fused-ring (bicyclic) bond motifs is 3. The first-order valence-electron chi connectivity index (χ1n) is 12.3. The molecule has 2 amide bonds. The Balaban J connectivity index is 1.32. The molecule has 35 heavy (non-hydrogen) atoms. The van der Waals surface area contributed by atoms with E-state index in [0.717, 1.165) is 24.0 Å². The summed E-state index contributed by atoms with van der Waals surface area (Å²) >= 11 is 0. The fraction of sp³-hybridized carbons (Fsp3) is 0.393. The zero-order valence-electron chi connectivity index (χ0n) is 19.9. The monoisotopic (exact) mass is 476 g/mol. The molecule has 2 unspecified atom stereocenters. The lowest BCUT2D eigenvalue weighted by Crippen LogP contribution is -2.42. The average Bonchev–Trinajstić information content (AvgIpc) is 3.44. The Labute approximate surface area is 205 Å². The Bertz CT molecular complexity index is 1070. The van der Waals surface area contributed by atoms with E-state index in [0.29, 0.717) is 12.8 Å². The van der Waals surface area contributed by atoms with E-state index < -0.39 is 18.0 Å². The van der Waals surface area contributed by atoms with Crippen LogP contribution < -0.4 is 10.6 Å².